The molecule has 0 aliphatic heterocycles. The number of benzene rings is 1. The Bertz CT molecular complexity index is 522. The van der Waals surface area contributed by atoms with Crippen molar-refractivity contribution in [2.24, 2.45) is 0 Å². The Morgan fingerprint density at radius 2 is 1.77 bits per heavy atom. The predicted molar refractivity (Wildman–Crippen MR) is 96.9 cm³/mol. The van der Waals surface area contributed by atoms with Gasteiger partial charge in [0.15, 0.2) is 11.5 Å². The lowest BCUT2D eigenvalue weighted by molar-refractivity contribution is -0.159. The van der Waals surface area contributed by atoms with Crippen molar-refractivity contribution in [3.8, 4) is 11.5 Å². The fraction of sp³-hybridized carbons (Fsp3) is 0.556. The van der Waals surface area contributed by atoms with E-state index in [0.29, 0.717) is 6.61 Å². The average Bonchev–Trinajstić information content (AvgIpc) is 2.63. The number of carboxylic acid groups (broad SMARTS) is 2. The molecule has 0 atom stereocenters. The molecule has 8 heteroatoms. The summed E-state index contributed by atoms with van der Waals surface area (Å²) in [6, 6.07) is 6.08. The summed E-state index contributed by atoms with van der Waals surface area (Å²) < 4.78 is 16.3. The van der Waals surface area contributed by atoms with Crippen LogP contribution in [0.2, 0.25) is 0 Å². The summed E-state index contributed by atoms with van der Waals surface area (Å²) in [4.78, 5) is 18.2. The molecule has 1 aromatic rings. The number of nitrogens with one attached hydrogen (secondary N) is 1. The summed E-state index contributed by atoms with van der Waals surface area (Å²) in [6.07, 6.45) is 2.02. The first-order chi connectivity index (χ1) is 12.5. The number of hydrogen-bond acceptors (Lipinski definition) is 6. The first kappa shape index (κ1) is 23.7. The largest absolute Gasteiger partial charge is 0.493 e. The van der Waals surface area contributed by atoms with Gasteiger partial charge in [-0.25, -0.2) is 9.59 Å². The number of aliphatic carboxylic acids is 2. The summed E-state index contributed by atoms with van der Waals surface area (Å²) in [7, 11) is 1.67. The lowest BCUT2D eigenvalue weighted by Crippen LogP contribution is -2.16. The third kappa shape index (κ3) is 11.3. The van der Waals surface area contributed by atoms with E-state index in [-0.39, 0.29) is 0 Å². The van der Waals surface area contributed by atoms with Gasteiger partial charge >= 0.3 is 11.9 Å². The summed E-state index contributed by atoms with van der Waals surface area (Å²) >= 11 is 0. The van der Waals surface area contributed by atoms with Gasteiger partial charge in [-0.1, -0.05) is 13.0 Å². The molecule has 26 heavy (non-hydrogen) atoms. The van der Waals surface area contributed by atoms with E-state index in [9.17, 15) is 0 Å². The molecule has 0 spiro atoms. The summed E-state index contributed by atoms with van der Waals surface area (Å²) in [6.45, 7) is 8.21. The second-order valence-electron chi connectivity index (χ2n) is 5.17. The molecule has 0 saturated carbocycles. The highest BCUT2D eigenvalue weighted by atomic mass is 16.5. The van der Waals surface area contributed by atoms with E-state index in [2.05, 4.69) is 18.3 Å². The van der Waals surface area contributed by atoms with E-state index in [1.165, 1.54) is 5.56 Å². The number of carboxylic acids is 2. The van der Waals surface area contributed by atoms with E-state index in [4.69, 9.17) is 34.0 Å². The van der Waals surface area contributed by atoms with Crippen molar-refractivity contribution in [2.75, 3.05) is 33.5 Å². The number of rotatable bonds is 11. The molecule has 8 nitrogen and oxygen atoms in total. The highest BCUT2D eigenvalue weighted by molar-refractivity contribution is 6.27. The highest BCUT2D eigenvalue weighted by Crippen LogP contribution is 2.28. The van der Waals surface area contributed by atoms with Gasteiger partial charge in [-0.3, -0.25) is 0 Å². The van der Waals surface area contributed by atoms with Gasteiger partial charge in [0.25, 0.3) is 0 Å². The maximum atomic E-state index is 9.10. The van der Waals surface area contributed by atoms with Crippen molar-refractivity contribution in [3.05, 3.63) is 23.8 Å². The number of methoxy groups -OCH3 is 1. The van der Waals surface area contributed by atoms with Crippen molar-refractivity contribution in [3.63, 3.8) is 0 Å². The Morgan fingerprint density at radius 1 is 1.08 bits per heavy atom. The lowest BCUT2D eigenvalue weighted by Gasteiger charge is -2.12. The predicted octanol–water partition coefficient (Wildman–Crippen LogP) is 2.16. The van der Waals surface area contributed by atoms with Crippen molar-refractivity contribution in [2.45, 2.75) is 33.2 Å². The third-order valence-corrected chi connectivity index (χ3v) is 3.05. The number of carbonyl (C=O) groups is 2. The van der Waals surface area contributed by atoms with Crippen LogP contribution in [-0.4, -0.2) is 55.6 Å². The molecular formula is C18H29NO7. The average molecular weight is 371 g/mol. The Kier molecular flexibility index (Phi) is 13.6. The first-order valence-electron chi connectivity index (χ1n) is 8.50. The van der Waals surface area contributed by atoms with E-state index in [1.54, 1.807) is 7.11 Å². The molecule has 0 fully saturated rings. The van der Waals surface area contributed by atoms with Crippen LogP contribution < -0.4 is 14.8 Å². The van der Waals surface area contributed by atoms with Crippen LogP contribution in [0.3, 0.4) is 0 Å². The first-order valence-corrected chi connectivity index (χ1v) is 8.50. The Morgan fingerprint density at radius 3 is 2.31 bits per heavy atom. The van der Waals surface area contributed by atoms with E-state index in [0.717, 1.165) is 50.6 Å². The van der Waals surface area contributed by atoms with Gasteiger partial charge in [-0.15, -0.1) is 0 Å². The van der Waals surface area contributed by atoms with E-state index >= 15 is 0 Å². The second-order valence-corrected chi connectivity index (χ2v) is 5.17. The zero-order chi connectivity index (χ0) is 19.8. The molecule has 1 aromatic carbocycles. The molecule has 0 aliphatic carbocycles. The smallest absolute Gasteiger partial charge is 0.414 e. The normalized spacial score (nSPS) is 9.81. The van der Waals surface area contributed by atoms with Gasteiger partial charge in [0.2, 0.25) is 0 Å². The van der Waals surface area contributed by atoms with Crippen molar-refractivity contribution in [1.29, 1.82) is 0 Å². The Hall–Kier alpha value is -2.32. The Balaban J connectivity index is 0.000000896. The van der Waals surface area contributed by atoms with Crippen LogP contribution in [0.4, 0.5) is 0 Å². The van der Waals surface area contributed by atoms with Crippen molar-refractivity contribution in [1.82, 2.24) is 5.32 Å². The second kappa shape index (κ2) is 15.0. The number of hydrogen-bond donors (Lipinski definition) is 3. The molecule has 0 bridgehead atoms. The Labute approximate surface area is 154 Å². The third-order valence-electron chi connectivity index (χ3n) is 3.05. The minimum atomic E-state index is -1.82. The summed E-state index contributed by atoms with van der Waals surface area (Å²) in [5.74, 6) is -2.04. The summed E-state index contributed by atoms with van der Waals surface area (Å²) in [5.41, 5.74) is 1.20. The van der Waals surface area contributed by atoms with Gasteiger partial charge in [-0.2, -0.15) is 0 Å². The fourth-order valence-electron chi connectivity index (χ4n) is 1.83. The van der Waals surface area contributed by atoms with E-state index in [1.807, 2.05) is 19.1 Å². The number of ether oxygens (including phenoxy) is 3. The van der Waals surface area contributed by atoms with Gasteiger partial charge in [0.05, 0.1) is 13.7 Å². The van der Waals surface area contributed by atoms with Gasteiger partial charge < -0.3 is 29.7 Å². The van der Waals surface area contributed by atoms with Crippen LogP contribution in [0.15, 0.2) is 18.2 Å². The highest BCUT2D eigenvalue weighted by Gasteiger charge is 2.05. The minimum absolute atomic E-state index is 0.714. The molecule has 148 valence electrons. The molecular weight excluding hydrogens is 342 g/mol. The van der Waals surface area contributed by atoms with Crippen LogP contribution in [0.25, 0.3) is 0 Å². The van der Waals surface area contributed by atoms with Crippen LogP contribution in [0.1, 0.15) is 32.3 Å². The molecule has 0 radical (unpaired) electrons. The minimum Gasteiger partial charge on any atom is -0.493 e. The van der Waals surface area contributed by atoms with E-state index < -0.39 is 11.9 Å². The lowest BCUT2D eigenvalue weighted by atomic mass is 10.2. The fourth-order valence-corrected chi connectivity index (χ4v) is 1.83. The SMILES string of the molecule is CCCOc1ccc(CNCCCOCC)cc1OC.O=C(O)C(=O)O. The molecule has 0 unspecified atom stereocenters. The van der Waals surface area contributed by atoms with Crippen LogP contribution >= 0.6 is 0 Å². The van der Waals surface area contributed by atoms with Gasteiger partial charge in [0, 0.05) is 19.8 Å². The van der Waals surface area contributed by atoms with Gasteiger partial charge in [-0.05, 0) is 44.0 Å². The molecule has 1 rings (SSSR count). The molecule has 0 saturated heterocycles. The molecule has 0 amide bonds. The quantitative estimate of drug-likeness (QED) is 0.400. The molecule has 3 N–H and O–H groups in total. The maximum absolute atomic E-state index is 9.10. The van der Waals surface area contributed by atoms with Crippen molar-refractivity contribution < 1.29 is 34.0 Å². The standard InChI is InChI=1S/C16H27NO3.C2H2O4/c1-4-10-20-15-8-7-14(12-16(15)18-3)13-17-9-6-11-19-5-2;3-1(4)2(5)6/h7-8,12,17H,4-6,9-11,13H2,1-3H3;(H,3,4)(H,5,6). The summed E-state index contributed by atoms with van der Waals surface area (Å²) in [5, 5.41) is 18.2. The van der Waals surface area contributed by atoms with Crippen molar-refractivity contribution >= 4 is 11.9 Å². The van der Waals surface area contributed by atoms with Crippen LogP contribution in [0, 0.1) is 0 Å². The van der Waals surface area contributed by atoms with Crippen LogP contribution in [0.5, 0.6) is 11.5 Å². The zero-order valence-corrected chi connectivity index (χ0v) is 15.6. The molecule has 0 aliphatic rings. The monoisotopic (exact) mass is 371 g/mol. The zero-order valence-electron chi connectivity index (χ0n) is 15.6. The maximum Gasteiger partial charge on any atom is 0.414 e. The molecule has 0 heterocycles. The molecule has 0 aromatic heterocycles. The van der Waals surface area contributed by atoms with Gasteiger partial charge in [0.1, 0.15) is 0 Å². The van der Waals surface area contributed by atoms with Crippen LogP contribution in [-0.2, 0) is 20.9 Å². The topological polar surface area (TPSA) is 114 Å².